The Labute approximate surface area is 162 Å². The summed E-state index contributed by atoms with van der Waals surface area (Å²) in [5, 5.41) is 16.9. The highest BCUT2D eigenvalue weighted by Crippen LogP contribution is 2.31. The fraction of sp³-hybridized carbons (Fsp3) is 0.0556. The molecule has 2 N–H and O–H groups in total. The number of hydrogen-bond acceptors (Lipinski definition) is 7. The second kappa shape index (κ2) is 6.86. The molecule has 0 aliphatic rings. The first-order valence-corrected chi connectivity index (χ1v) is 8.35. The molecule has 0 aliphatic heterocycles. The van der Waals surface area contributed by atoms with E-state index in [1.54, 1.807) is 6.92 Å². The van der Waals surface area contributed by atoms with Crippen LogP contribution in [-0.4, -0.2) is 31.2 Å². The largest absolute Gasteiger partial charge is 0.478 e. The van der Waals surface area contributed by atoms with Crippen LogP contribution in [0.4, 0.5) is 15.9 Å². The number of fused-ring (bicyclic) bond motifs is 1. The molecule has 0 fully saturated rings. The van der Waals surface area contributed by atoms with E-state index in [2.05, 4.69) is 25.4 Å². The Morgan fingerprint density at radius 2 is 2.11 bits per heavy atom. The number of aromatic carboxylic acids is 1. The Morgan fingerprint density at radius 1 is 1.29 bits per heavy atom. The molecule has 10 heteroatoms. The summed E-state index contributed by atoms with van der Waals surface area (Å²) in [5.41, 5.74) is 0.932. The molecule has 4 aromatic rings. The van der Waals surface area contributed by atoms with Crippen LogP contribution in [0, 0.1) is 12.7 Å². The van der Waals surface area contributed by atoms with E-state index in [1.807, 2.05) is 0 Å². The number of nitrogens with one attached hydrogen (secondary N) is 1. The Balaban J connectivity index is 1.90. The first kappa shape index (κ1) is 17.8. The number of aryl methyl sites for hydroxylation is 1. The highest BCUT2D eigenvalue weighted by Gasteiger charge is 2.20. The van der Waals surface area contributed by atoms with Crippen molar-refractivity contribution in [3.05, 3.63) is 58.8 Å². The summed E-state index contributed by atoms with van der Waals surface area (Å²) in [6.07, 6.45) is 2.65. The SMILES string of the molecule is Cc1noc2nc(-c3ccc(Cl)cc3F)nc(Nc3ccncc3C(=O)O)c12. The van der Waals surface area contributed by atoms with Gasteiger partial charge in [-0.3, -0.25) is 4.98 Å². The molecule has 28 heavy (non-hydrogen) atoms. The lowest BCUT2D eigenvalue weighted by atomic mass is 10.2. The average molecular weight is 400 g/mol. The van der Waals surface area contributed by atoms with E-state index in [9.17, 15) is 14.3 Å². The zero-order chi connectivity index (χ0) is 19.8. The summed E-state index contributed by atoms with van der Waals surface area (Å²) in [5.74, 6) is -1.51. The first-order valence-electron chi connectivity index (χ1n) is 7.98. The molecule has 0 spiro atoms. The Kier molecular flexibility index (Phi) is 4.36. The third-order valence-electron chi connectivity index (χ3n) is 3.98. The Morgan fingerprint density at radius 3 is 2.86 bits per heavy atom. The fourth-order valence-corrected chi connectivity index (χ4v) is 2.83. The topological polar surface area (TPSA) is 114 Å². The second-order valence-corrected chi connectivity index (χ2v) is 6.26. The minimum absolute atomic E-state index is 0.0336. The van der Waals surface area contributed by atoms with Gasteiger partial charge in [-0.1, -0.05) is 16.8 Å². The van der Waals surface area contributed by atoms with E-state index in [-0.39, 0.29) is 39.2 Å². The van der Waals surface area contributed by atoms with Gasteiger partial charge in [-0.15, -0.1) is 0 Å². The summed E-state index contributed by atoms with van der Waals surface area (Å²) < 4.78 is 19.6. The van der Waals surface area contributed by atoms with Crippen molar-refractivity contribution < 1.29 is 18.8 Å². The fourth-order valence-electron chi connectivity index (χ4n) is 2.67. The van der Waals surface area contributed by atoms with E-state index < -0.39 is 11.8 Å². The van der Waals surface area contributed by atoms with Gasteiger partial charge in [-0.25, -0.2) is 14.2 Å². The Bertz CT molecular complexity index is 1230. The number of carboxylic acid groups (broad SMARTS) is 1. The second-order valence-electron chi connectivity index (χ2n) is 5.82. The van der Waals surface area contributed by atoms with Crippen molar-refractivity contribution in [3.63, 3.8) is 0 Å². The molecule has 140 valence electrons. The normalized spacial score (nSPS) is 11.0. The molecule has 0 radical (unpaired) electrons. The molecule has 0 saturated carbocycles. The molecule has 0 aliphatic carbocycles. The number of carbonyl (C=O) groups is 1. The smallest absolute Gasteiger partial charge is 0.339 e. The number of anilines is 2. The van der Waals surface area contributed by atoms with Crippen molar-refractivity contribution in [1.29, 1.82) is 0 Å². The van der Waals surface area contributed by atoms with Crippen LogP contribution in [0.15, 0.2) is 41.2 Å². The van der Waals surface area contributed by atoms with Crippen LogP contribution in [0.3, 0.4) is 0 Å². The van der Waals surface area contributed by atoms with E-state index in [4.69, 9.17) is 16.1 Å². The third-order valence-corrected chi connectivity index (χ3v) is 4.22. The standard InChI is InChI=1S/C18H11ClFN5O3/c1-8-14-16(22-13-4-5-21-7-11(13)18(26)27)23-15(24-17(14)28-25-8)10-3-2-9(19)6-12(10)20/h2-7H,1H3,(H,26,27)(H,21,22,23,24). The van der Waals surface area contributed by atoms with Crippen LogP contribution in [0.25, 0.3) is 22.5 Å². The molecule has 0 amide bonds. The van der Waals surface area contributed by atoms with Gasteiger partial charge >= 0.3 is 5.97 Å². The van der Waals surface area contributed by atoms with Crippen LogP contribution in [0.1, 0.15) is 16.1 Å². The van der Waals surface area contributed by atoms with Crippen LogP contribution in [-0.2, 0) is 0 Å². The summed E-state index contributed by atoms with van der Waals surface area (Å²) in [4.78, 5) is 23.9. The summed E-state index contributed by atoms with van der Waals surface area (Å²) >= 11 is 5.81. The van der Waals surface area contributed by atoms with Gasteiger partial charge in [-0.05, 0) is 31.2 Å². The summed E-state index contributed by atoms with van der Waals surface area (Å²) in [7, 11) is 0. The van der Waals surface area contributed by atoms with Gasteiger partial charge in [0.2, 0.25) is 0 Å². The maximum Gasteiger partial charge on any atom is 0.339 e. The first-order chi connectivity index (χ1) is 13.4. The lowest BCUT2D eigenvalue weighted by Crippen LogP contribution is -2.05. The van der Waals surface area contributed by atoms with Gasteiger partial charge in [0.1, 0.15) is 22.6 Å². The number of pyridine rings is 1. The van der Waals surface area contributed by atoms with Crippen LogP contribution in [0.2, 0.25) is 5.02 Å². The van der Waals surface area contributed by atoms with Crippen LogP contribution < -0.4 is 5.32 Å². The van der Waals surface area contributed by atoms with Crippen molar-refractivity contribution in [3.8, 4) is 11.4 Å². The number of hydrogen-bond donors (Lipinski definition) is 2. The molecule has 3 aromatic heterocycles. The van der Waals surface area contributed by atoms with Crippen molar-refractivity contribution in [2.75, 3.05) is 5.32 Å². The molecule has 0 bridgehead atoms. The number of aromatic nitrogens is 4. The molecule has 1 aromatic carbocycles. The molecular formula is C18H11ClFN5O3. The lowest BCUT2D eigenvalue weighted by molar-refractivity contribution is 0.0697. The monoisotopic (exact) mass is 399 g/mol. The van der Waals surface area contributed by atoms with Gasteiger partial charge in [-0.2, -0.15) is 4.98 Å². The van der Waals surface area contributed by atoms with Gasteiger partial charge in [0.25, 0.3) is 5.71 Å². The number of nitrogens with zero attached hydrogens (tertiary/aromatic N) is 4. The van der Waals surface area contributed by atoms with Gasteiger partial charge in [0, 0.05) is 17.4 Å². The van der Waals surface area contributed by atoms with Gasteiger partial charge in [0.15, 0.2) is 5.82 Å². The molecule has 0 saturated heterocycles. The zero-order valence-electron chi connectivity index (χ0n) is 14.3. The number of rotatable bonds is 4. The molecule has 8 nitrogen and oxygen atoms in total. The highest BCUT2D eigenvalue weighted by atomic mass is 35.5. The number of carboxylic acids is 1. The minimum atomic E-state index is -1.16. The molecule has 3 heterocycles. The van der Waals surface area contributed by atoms with Crippen molar-refractivity contribution in [1.82, 2.24) is 20.1 Å². The maximum atomic E-state index is 14.4. The van der Waals surface area contributed by atoms with Gasteiger partial charge in [0.05, 0.1) is 16.9 Å². The van der Waals surface area contributed by atoms with E-state index in [1.165, 1.54) is 30.6 Å². The van der Waals surface area contributed by atoms with E-state index in [0.717, 1.165) is 6.07 Å². The van der Waals surface area contributed by atoms with Crippen molar-refractivity contribution in [2.24, 2.45) is 0 Å². The number of benzene rings is 1. The predicted molar refractivity (Wildman–Crippen MR) is 99.2 cm³/mol. The molecular weight excluding hydrogens is 389 g/mol. The zero-order valence-corrected chi connectivity index (χ0v) is 15.0. The van der Waals surface area contributed by atoms with Crippen molar-refractivity contribution >= 4 is 40.2 Å². The molecule has 4 rings (SSSR count). The maximum absolute atomic E-state index is 14.4. The average Bonchev–Trinajstić information content (AvgIpc) is 3.03. The third kappa shape index (κ3) is 3.12. The quantitative estimate of drug-likeness (QED) is 0.524. The predicted octanol–water partition coefficient (Wildman–Crippen LogP) is 4.22. The van der Waals surface area contributed by atoms with Crippen molar-refractivity contribution in [2.45, 2.75) is 6.92 Å². The number of halogens is 2. The highest BCUT2D eigenvalue weighted by molar-refractivity contribution is 6.30. The van der Waals surface area contributed by atoms with Gasteiger partial charge < -0.3 is 14.9 Å². The molecule has 0 atom stereocenters. The minimum Gasteiger partial charge on any atom is -0.478 e. The molecule has 0 unspecified atom stereocenters. The van der Waals surface area contributed by atoms with E-state index >= 15 is 0 Å². The van der Waals surface area contributed by atoms with Crippen LogP contribution >= 0.6 is 11.6 Å². The Hall–Kier alpha value is -3.59. The summed E-state index contributed by atoms with van der Waals surface area (Å²) in [6, 6.07) is 5.59. The lowest BCUT2D eigenvalue weighted by Gasteiger charge is -2.11. The summed E-state index contributed by atoms with van der Waals surface area (Å²) in [6.45, 7) is 1.69. The van der Waals surface area contributed by atoms with Crippen LogP contribution in [0.5, 0.6) is 0 Å². The van der Waals surface area contributed by atoms with E-state index in [0.29, 0.717) is 11.1 Å².